The van der Waals surface area contributed by atoms with Gasteiger partial charge in [-0.2, -0.15) is 13.2 Å². The van der Waals surface area contributed by atoms with E-state index in [9.17, 15) is 18.0 Å². The summed E-state index contributed by atoms with van der Waals surface area (Å²) in [6.07, 6.45) is -3.77. The number of carbonyl (C=O) groups is 1. The number of alkyl halides is 3. The number of aromatic nitrogens is 1. The number of fused-ring (bicyclic) bond motifs is 1. The molecule has 6 heteroatoms. The number of para-hydroxylation sites is 1. The standard InChI is InChI=1S/C11H7F3N2O/c12-11(13,14)7-4-6-2-1-3-8(10(15)17)9(6)16-5-7/h1-5H,(H2,15,17). The molecule has 0 saturated heterocycles. The number of hydrogen-bond donors (Lipinski definition) is 1. The van der Waals surface area contributed by atoms with Crippen molar-refractivity contribution in [2.75, 3.05) is 0 Å². The van der Waals surface area contributed by atoms with E-state index >= 15 is 0 Å². The fourth-order valence-electron chi connectivity index (χ4n) is 1.51. The van der Waals surface area contributed by atoms with Crippen LogP contribution in [0.25, 0.3) is 10.9 Å². The highest BCUT2D eigenvalue weighted by atomic mass is 19.4. The van der Waals surface area contributed by atoms with Crippen molar-refractivity contribution in [2.45, 2.75) is 6.18 Å². The number of nitrogens with two attached hydrogens (primary N) is 1. The van der Waals surface area contributed by atoms with E-state index in [1.807, 2.05) is 0 Å². The second-order valence-electron chi connectivity index (χ2n) is 3.46. The van der Waals surface area contributed by atoms with Gasteiger partial charge in [0.25, 0.3) is 5.91 Å². The van der Waals surface area contributed by atoms with Crippen LogP contribution in [0.1, 0.15) is 15.9 Å². The Balaban J connectivity index is 2.69. The summed E-state index contributed by atoms with van der Waals surface area (Å²) in [4.78, 5) is 14.7. The normalized spacial score (nSPS) is 11.7. The summed E-state index contributed by atoms with van der Waals surface area (Å²) in [5.41, 5.74) is 4.53. The zero-order valence-electron chi connectivity index (χ0n) is 8.45. The quantitative estimate of drug-likeness (QED) is 0.831. The first-order chi connectivity index (χ1) is 7.89. The molecule has 2 rings (SSSR count). The van der Waals surface area contributed by atoms with Crippen molar-refractivity contribution in [2.24, 2.45) is 5.73 Å². The van der Waals surface area contributed by atoms with E-state index in [1.165, 1.54) is 18.2 Å². The van der Waals surface area contributed by atoms with Gasteiger partial charge >= 0.3 is 6.18 Å². The molecule has 0 aliphatic carbocycles. The van der Waals surface area contributed by atoms with Gasteiger partial charge < -0.3 is 5.73 Å². The molecule has 1 amide bonds. The minimum Gasteiger partial charge on any atom is -0.366 e. The molecular weight excluding hydrogens is 233 g/mol. The summed E-state index contributed by atoms with van der Waals surface area (Å²) in [5.74, 6) is -0.720. The van der Waals surface area contributed by atoms with Crippen LogP contribution in [0.15, 0.2) is 30.5 Å². The van der Waals surface area contributed by atoms with Crippen molar-refractivity contribution < 1.29 is 18.0 Å². The van der Waals surface area contributed by atoms with Crippen molar-refractivity contribution >= 4 is 16.8 Å². The number of carbonyl (C=O) groups excluding carboxylic acids is 1. The fraction of sp³-hybridized carbons (Fsp3) is 0.0909. The molecule has 0 atom stereocenters. The molecule has 3 nitrogen and oxygen atoms in total. The largest absolute Gasteiger partial charge is 0.417 e. The Kier molecular flexibility index (Phi) is 2.49. The van der Waals surface area contributed by atoms with Crippen LogP contribution >= 0.6 is 0 Å². The molecule has 0 aliphatic heterocycles. The Labute approximate surface area is 94.1 Å². The first kappa shape index (κ1) is 11.4. The summed E-state index contributed by atoms with van der Waals surface area (Å²) in [7, 11) is 0. The molecule has 0 unspecified atom stereocenters. The number of rotatable bonds is 1. The van der Waals surface area contributed by atoms with Crippen LogP contribution in [-0.4, -0.2) is 10.9 Å². The average molecular weight is 240 g/mol. The Morgan fingerprint density at radius 3 is 2.59 bits per heavy atom. The first-order valence-corrected chi connectivity index (χ1v) is 4.65. The van der Waals surface area contributed by atoms with E-state index < -0.39 is 17.6 Å². The van der Waals surface area contributed by atoms with Gasteiger partial charge in [0.05, 0.1) is 16.6 Å². The minimum absolute atomic E-state index is 0.108. The van der Waals surface area contributed by atoms with Crippen LogP contribution in [0.5, 0.6) is 0 Å². The molecule has 17 heavy (non-hydrogen) atoms. The van der Waals surface area contributed by atoms with Gasteiger partial charge in [-0.1, -0.05) is 12.1 Å². The zero-order valence-corrected chi connectivity index (χ0v) is 8.45. The number of halogens is 3. The average Bonchev–Trinajstić information content (AvgIpc) is 2.26. The number of nitrogens with zero attached hydrogens (tertiary/aromatic N) is 1. The SMILES string of the molecule is NC(=O)c1cccc2cc(C(F)(F)F)cnc12. The monoisotopic (exact) mass is 240 g/mol. The second kappa shape index (κ2) is 3.73. The van der Waals surface area contributed by atoms with Crippen LogP contribution in [0, 0.1) is 0 Å². The molecule has 0 bridgehead atoms. The van der Waals surface area contributed by atoms with E-state index in [2.05, 4.69) is 4.98 Å². The molecule has 0 spiro atoms. The predicted octanol–water partition coefficient (Wildman–Crippen LogP) is 2.35. The molecule has 2 N–H and O–H groups in total. The third kappa shape index (κ3) is 2.06. The highest BCUT2D eigenvalue weighted by molar-refractivity contribution is 6.04. The van der Waals surface area contributed by atoms with Gasteiger partial charge in [0.2, 0.25) is 0 Å². The highest BCUT2D eigenvalue weighted by Gasteiger charge is 2.31. The number of amides is 1. The Hall–Kier alpha value is -2.11. The summed E-state index contributed by atoms with van der Waals surface area (Å²) in [5, 5.41) is 0.233. The van der Waals surface area contributed by atoms with Crippen LogP contribution in [0.4, 0.5) is 13.2 Å². The van der Waals surface area contributed by atoms with Crippen molar-refractivity contribution in [1.29, 1.82) is 0 Å². The minimum atomic E-state index is -4.45. The molecule has 0 saturated carbocycles. The van der Waals surface area contributed by atoms with Gasteiger partial charge in [-0.25, -0.2) is 0 Å². The lowest BCUT2D eigenvalue weighted by molar-refractivity contribution is -0.137. The van der Waals surface area contributed by atoms with E-state index in [1.54, 1.807) is 0 Å². The molecule has 1 aromatic carbocycles. The molecule has 88 valence electrons. The summed E-state index contributed by atoms with van der Waals surface area (Å²) in [6, 6.07) is 5.27. The third-order valence-corrected chi connectivity index (χ3v) is 2.30. The van der Waals surface area contributed by atoms with Crippen LogP contribution in [0.2, 0.25) is 0 Å². The van der Waals surface area contributed by atoms with E-state index in [4.69, 9.17) is 5.73 Å². The predicted molar refractivity (Wildman–Crippen MR) is 55.3 cm³/mol. The van der Waals surface area contributed by atoms with Gasteiger partial charge in [-0.3, -0.25) is 9.78 Å². The Bertz CT molecular complexity index is 593. The molecule has 0 fully saturated rings. The number of benzene rings is 1. The van der Waals surface area contributed by atoms with Gasteiger partial charge in [0, 0.05) is 11.6 Å². The maximum atomic E-state index is 12.4. The summed E-state index contributed by atoms with van der Waals surface area (Å²) in [6.45, 7) is 0. The van der Waals surface area contributed by atoms with Gasteiger partial charge in [0.1, 0.15) is 0 Å². The molecule has 0 radical (unpaired) electrons. The van der Waals surface area contributed by atoms with Gasteiger partial charge in [0.15, 0.2) is 0 Å². The summed E-state index contributed by atoms with van der Waals surface area (Å²) >= 11 is 0. The topological polar surface area (TPSA) is 56.0 Å². The Morgan fingerprint density at radius 2 is 2.00 bits per heavy atom. The van der Waals surface area contributed by atoms with E-state index in [0.29, 0.717) is 6.20 Å². The van der Waals surface area contributed by atoms with Gasteiger partial charge in [-0.15, -0.1) is 0 Å². The Morgan fingerprint density at radius 1 is 1.29 bits per heavy atom. The van der Waals surface area contributed by atoms with Crippen molar-refractivity contribution in [3.8, 4) is 0 Å². The molecule has 1 heterocycles. The van der Waals surface area contributed by atoms with Gasteiger partial charge in [-0.05, 0) is 12.1 Å². The maximum Gasteiger partial charge on any atom is 0.417 e. The van der Waals surface area contributed by atoms with Crippen LogP contribution in [0.3, 0.4) is 0 Å². The van der Waals surface area contributed by atoms with Crippen LogP contribution < -0.4 is 5.73 Å². The highest BCUT2D eigenvalue weighted by Crippen LogP contribution is 2.30. The van der Waals surface area contributed by atoms with E-state index in [0.717, 1.165) is 6.07 Å². The molecular formula is C11H7F3N2O. The van der Waals surface area contributed by atoms with Crippen LogP contribution in [-0.2, 0) is 6.18 Å². The fourth-order valence-corrected chi connectivity index (χ4v) is 1.51. The van der Waals surface area contributed by atoms with Crippen molar-refractivity contribution in [1.82, 2.24) is 4.98 Å². The van der Waals surface area contributed by atoms with Crippen molar-refractivity contribution in [3.05, 3.63) is 41.6 Å². The number of pyridine rings is 1. The lowest BCUT2D eigenvalue weighted by Gasteiger charge is -2.08. The lowest BCUT2D eigenvalue weighted by atomic mass is 10.1. The lowest BCUT2D eigenvalue weighted by Crippen LogP contribution is -2.12. The smallest absolute Gasteiger partial charge is 0.366 e. The molecule has 0 aliphatic rings. The maximum absolute atomic E-state index is 12.4. The first-order valence-electron chi connectivity index (χ1n) is 4.65. The number of primary amides is 1. The van der Waals surface area contributed by atoms with Crippen molar-refractivity contribution in [3.63, 3.8) is 0 Å². The zero-order chi connectivity index (χ0) is 12.6. The van der Waals surface area contributed by atoms with E-state index in [-0.39, 0.29) is 16.5 Å². The number of hydrogen-bond acceptors (Lipinski definition) is 2. The second-order valence-corrected chi connectivity index (χ2v) is 3.46. The molecule has 2 aromatic rings. The molecule has 1 aromatic heterocycles. The third-order valence-electron chi connectivity index (χ3n) is 2.30. The summed E-state index contributed by atoms with van der Waals surface area (Å²) < 4.78 is 37.3.